The quantitative estimate of drug-likeness (QED) is 0.428. The Balaban J connectivity index is 1.75. The minimum absolute atomic E-state index is 0.224. The van der Waals surface area contributed by atoms with Gasteiger partial charge < -0.3 is 4.74 Å². The lowest BCUT2D eigenvalue weighted by molar-refractivity contribution is 0.320. The van der Waals surface area contributed by atoms with Crippen LogP contribution in [0.2, 0.25) is 10.0 Å². The van der Waals surface area contributed by atoms with Crippen LogP contribution in [0.1, 0.15) is 11.1 Å². The van der Waals surface area contributed by atoms with Crippen LogP contribution >= 0.6 is 23.2 Å². The first-order chi connectivity index (χ1) is 15.4. The Kier molecular flexibility index (Phi) is 6.21. The molecule has 2 heterocycles. The molecule has 0 fully saturated rings. The number of fused-ring (bicyclic) bond motifs is 1. The Labute approximate surface area is 193 Å². The molecule has 0 saturated heterocycles. The van der Waals surface area contributed by atoms with E-state index >= 15 is 0 Å². The van der Waals surface area contributed by atoms with Crippen LogP contribution in [0, 0.1) is 0 Å². The van der Waals surface area contributed by atoms with E-state index in [0.717, 1.165) is 15.7 Å². The molecule has 7 nitrogen and oxygen atoms in total. The maximum atomic E-state index is 12.9. The lowest BCUT2D eigenvalue weighted by Crippen LogP contribution is -2.37. The number of halogens is 2. The SMILES string of the molecule is Cn1c(=O)c2c(nc(OC/C=C/c3ccccc3)n2Cc2ccc(Cl)c(Cl)c2)n(C)c1=O. The smallest absolute Gasteiger partial charge is 0.332 e. The Morgan fingerprint density at radius 3 is 2.47 bits per heavy atom. The van der Waals surface area contributed by atoms with E-state index in [4.69, 9.17) is 27.9 Å². The third-order valence-electron chi connectivity index (χ3n) is 5.06. The first-order valence-electron chi connectivity index (χ1n) is 9.81. The zero-order valence-electron chi connectivity index (χ0n) is 17.5. The second-order valence-corrected chi connectivity index (χ2v) is 8.05. The average Bonchev–Trinajstić information content (AvgIpc) is 3.15. The normalized spacial score (nSPS) is 11.5. The van der Waals surface area contributed by atoms with E-state index in [1.165, 1.54) is 11.6 Å². The number of ether oxygens (including phenoxy) is 1. The molecule has 0 aliphatic rings. The van der Waals surface area contributed by atoms with Crippen molar-refractivity contribution in [1.82, 2.24) is 18.7 Å². The van der Waals surface area contributed by atoms with Crippen molar-refractivity contribution in [2.24, 2.45) is 14.1 Å². The molecule has 0 aliphatic carbocycles. The number of aryl methyl sites for hydroxylation is 1. The molecule has 0 spiro atoms. The fourth-order valence-corrected chi connectivity index (χ4v) is 3.70. The highest BCUT2D eigenvalue weighted by Crippen LogP contribution is 2.25. The highest BCUT2D eigenvalue weighted by Gasteiger charge is 2.20. The molecule has 0 aliphatic heterocycles. The van der Waals surface area contributed by atoms with Gasteiger partial charge in [-0.05, 0) is 29.3 Å². The fourth-order valence-electron chi connectivity index (χ4n) is 3.37. The number of benzene rings is 2. The summed E-state index contributed by atoms with van der Waals surface area (Å²) in [7, 11) is 3.00. The third kappa shape index (κ3) is 4.22. The van der Waals surface area contributed by atoms with Gasteiger partial charge in [-0.15, -0.1) is 0 Å². The Morgan fingerprint density at radius 1 is 1.00 bits per heavy atom. The Hall–Kier alpha value is -3.29. The van der Waals surface area contributed by atoms with Gasteiger partial charge in [-0.3, -0.25) is 18.5 Å². The van der Waals surface area contributed by atoms with Gasteiger partial charge in [0.1, 0.15) is 6.61 Å². The van der Waals surface area contributed by atoms with E-state index in [9.17, 15) is 9.59 Å². The van der Waals surface area contributed by atoms with Crippen molar-refractivity contribution in [2.75, 3.05) is 6.61 Å². The van der Waals surface area contributed by atoms with Crippen LogP contribution in [-0.4, -0.2) is 25.3 Å². The van der Waals surface area contributed by atoms with Crippen LogP contribution < -0.4 is 16.0 Å². The summed E-state index contributed by atoms with van der Waals surface area (Å²) >= 11 is 12.2. The van der Waals surface area contributed by atoms with E-state index in [-0.39, 0.29) is 30.3 Å². The van der Waals surface area contributed by atoms with E-state index in [2.05, 4.69) is 4.98 Å². The van der Waals surface area contributed by atoms with Gasteiger partial charge in [0.05, 0.1) is 16.6 Å². The van der Waals surface area contributed by atoms with Crippen LogP contribution in [0.5, 0.6) is 6.01 Å². The second kappa shape index (κ2) is 9.06. The largest absolute Gasteiger partial charge is 0.460 e. The predicted molar refractivity (Wildman–Crippen MR) is 127 cm³/mol. The zero-order valence-corrected chi connectivity index (χ0v) is 19.0. The average molecular weight is 471 g/mol. The van der Waals surface area contributed by atoms with Crippen LogP contribution in [0.15, 0.2) is 64.2 Å². The van der Waals surface area contributed by atoms with Gasteiger partial charge >= 0.3 is 5.69 Å². The van der Waals surface area contributed by atoms with Gasteiger partial charge in [0.25, 0.3) is 11.6 Å². The molecule has 0 saturated carbocycles. The highest BCUT2D eigenvalue weighted by molar-refractivity contribution is 6.42. The van der Waals surface area contributed by atoms with Crippen molar-refractivity contribution in [3.8, 4) is 6.01 Å². The van der Waals surface area contributed by atoms with Gasteiger partial charge in [0.15, 0.2) is 11.2 Å². The summed E-state index contributed by atoms with van der Waals surface area (Å²) in [6.45, 7) is 0.492. The summed E-state index contributed by atoms with van der Waals surface area (Å²) in [5, 5.41) is 0.842. The highest BCUT2D eigenvalue weighted by atomic mass is 35.5. The maximum absolute atomic E-state index is 12.9. The van der Waals surface area contributed by atoms with Crippen molar-refractivity contribution < 1.29 is 4.74 Å². The number of nitrogens with zero attached hydrogens (tertiary/aromatic N) is 4. The van der Waals surface area contributed by atoms with Crippen LogP contribution in [-0.2, 0) is 20.6 Å². The summed E-state index contributed by atoms with van der Waals surface area (Å²) < 4.78 is 9.93. The molecule has 32 heavy (non-hydrogen) atoms. The van der Waals surface area contributed by atoms with Gasteiger partial charge in [-0.25, -0.2) is 4.79 Å². The van der Waals surface area contributed by atoms with Crippen molar-refractivity contribution >= 4 is 40.4 Å². The zero-order chi connectivity index (χ0) is 22.8. The molecule has 2 aromatic heterocycles. The van der Waals surface area contributed by atoms with Crippen molar-refractivity contribution in [1.29, 1.82) is 0 Å². The fraction of sp³-hybridized carbons (Fsp3) is 0.174. The summed E-state index contributed by atoms with van der Waals surface area (Å²) in [6, 6.07) is 15.3. The van der Waals surface area contributed by atoms with Crippen LogP contribution in [0.3, 0.4) is 0 Å². The van der Waals surface area contributed by atoms with Crippen molar-refractivity contribution in [3.05, 3.63) is 96.6 Å². The Morgan fingerprint density at radius 2 is 1.75 bits per heavy atom. The number of aromatic nitrogens is 4. The number of hydrogen-bond donors (Lipinski definition) is 0. The van der Waals surface area contributed by atoms with E-state index in [1.54, 1.807) is 23.7 Å². The first kappa shape index (κ1) is 21.9. The van der Waals surface area contributed by atoms with Gasteiger partial charge in [-0.2, -0.15) is 4.98 Å². The Bertz CT molecular complexity index is 1440. The minimum atomic E-state index is -0.461. The number of imidazole rings is 1. The van der Waals surface area contributed by atoms with Crippen molar-refractivity contribution in [3.63, 3.8) is 0 Å². The molecule has 0 amide bonds. The summed E-state index contributed by atoms with van der Waals surface area (Å²) in [4.78, 5) is 29.8. The second-order valence-electron chi connectivity index (χ2n) is 7.23. The van der Waals surface area contributed by atoms with E-state index in [0.29, 0.717) is 10.0 Å². The summed E-state index contributed by atoms with van der Waals surface area (Å²) in [5.41, 5.74) is 1.45. The molecule has 164 valence electrons. The van der Waals surface area contributed by atoms with Crippen LogP contribution in [0.25, 0.3) is 17.2 Å². The molecule has 0 unspecified atom stereocenters. The molecule has 0 N–H and O–H groups in total. The first-order valence-corrected chi connectivity index (χ1v) is 10.6. The monoisotopic (exact) mass is 470 g/mol. The molecule has 9 heteroatoms. The van der Waals surface area contributed by atoms with Gasteiger partial charge in [0.2, 0.25) is 0 Å². The molecule has 0 atom stereocenters. The molecule has 2 aromatic carbocycles. The lowest BCUT2D eigenvalue weighted by atomic mass is 10.2. The summed E-state index contributed by atoms with van der Waals surface area (Å²) in [6.07, 6.45) is 3.79. The van der Waals surface area contributed by atoms with Gasteiger partial charge in [0, 0.05) is 14.1 Å². The van der Waals surface area contributed by atoms with Crippen LogP contribution in [0.4, 0.5) is 0 Å². The van der Waals surface area contributed by atoms with E-state index < -0.39 is 11.2 Å². The molecule has 4 rings (SSSR count). The van der Waals surface area contributed by atoms with E-state index in [1.807, 2.05) is 48.6 Å². The predicted octanol–water partition coefficient (Wildman–Crippen LogP) is 3.88. The third-order valence-corrected chi connectivity index (χ3v) is 5.80. The standard InChI is InChI=1S/C23H20Cl2N4O3/c1-27-20-19(21(30)28(2)23(27)31)29(14-16-10-11-17(24)18(25)13-16)22(26-20)32-12-6-9-15-7-4-3-5-8-15/h3-11,13H,12,14H2,1-2H3/b9-6+. The van der Waals surface area contributed by atoms with Gasteiger partial charge in [-0.1, -0.05) is 65.7 Å². The molecular weight excluding hydrogens is 451 g/mol. The molecule has 0 radical (unpaired) electrons. The molecule has 4 aromatic rings. The molecular formula is C23H20Cl2N4O3. The number of rotatable bonds is 6. The topological polar surface area (TPSA) is 71.1 Å². The summed E-state index contributed by atoms with van der Waals surface area (Å²) in [5.74, 6) is 0. The number of hydrogen-bond acceptors (Lipinski definition) is 4. The lowest BCUT2D eigenvalue weighted by Gasteiger charge is -2.10. The van der Waals surface area contributed by atoms with Crippen molar-refractivity contribution in [2.45, 2.75) is 6.54 Å². The molecule has 0 bridgehead atoms. The maximum Gasteiger partial charge on any atom is 0.332 e. The minimum Gasteiger partial charge on any atom is -0.460 e.